The summed E-state index contributed by atoms with van der Waals surface area (Å²) < 4.78 is 25.4. The number of carbonyl (C=O) groups is 2. The molecule has 0 aromatic heterocycles. The maximum absolute atomic E-state index is 15.3. The number of rotatable bonds is 4. The van der Waals surface area contributed by atoms with Crippen molar-refractivity contribution in [1.29, 1.82) is 0 Å². The summed E-state index contributed by atoms with van der Waals surface area (Å²) in [5, 5.41) is 65.2. The average Bonchev–Trinajstić information content (AvgIpc) is 3.90. The van der Waals surface area contributed by atoms with Crippen molar-refractivity contribution in [1.82, 2.24) is 4.90 Å². The maximum atomic E-state index is 15.3. The molecular formula is C37H47NO12. The van der Waals surface area contributed by atoms with Gasteiger partial charge in [-0.15, -0.1) is 0 Å². The standard InChI is InChI=1S/C37H47NO12/c1-14-10-38-11-16-3-5-34-8-19(17-4-6-35(27(17)34)28(44)18(14)9-36(38,46)33(16,35)2)29-37(34)23-20(48-32(37)45)7-15(12-39)22(23)30(49-29)50-31-26(43)25(42)24(41)21(13-40)47-31/h7,14,16,18-26,29-31,39-43,46H,3-6,8-13H2,1-2H3. The molecule has 4 bridgehead atoms. The second-order valence-corrected chi connectivity index (χ2v) is 18.0. The van der Waals surface area contributed by atoms with Crippen LogP contribution in [0, 0.1) is 57.2 Å². The van der Waals surface area contributed by atoms with E-state index in [0.29, 0.717) is 44.2 Å². The monoisotopic (exact) mass is 697 g/mol. The number of hydrogen-bond acceptors (Lipinski definition) is 13. The van der Waals surface area contributed by atoms with Gasteiger partial charge in [-0.3, -0.25) is 14.5 Å². The number of allylic oxidation sites excluding steroid dienone is 1. The summed E-state index contributed by atoms with van der Waals surface area (Å²) >= 11 is 0. The molecular weight excluding hydrogens is 650 g/mol. The van der Waals surface area contributed by atoms with E-state index in [-0.39, 0.29) is 42.0 Å². The highest BCUT2D eigenvalue weighted by atomic mass is 16.8. The topological polar surface area (TPSA) is 196 Å². The fourth-order valence-corrected chi connectivity index (χ4v) is 15.3. The summed E-state index contributed by atoms with van der Waals surface area (Å²) in [7, 11) is 0. The van der Waals surface area contributed by atoms with Crippen LogP contribution in [0.5, 0.6) is 0 Å². The number of carbonyl (C=O) groups excluding carboxylic acids is 2. The Balaban J connectivity index is 1.08. The van der Waals surface area contributed by atoms with E-state index >= 15 is 4.79 Å². The molecule has 5 aliphatic heterocycles. The van der Waals surface area contributed by atoms with Gasteiger partial charge in [0.1, 0.15) is 47.4 Å². The Bertz CT molecular complexity index is 1680. The van der Waals surface area contributed by atoms with Gasteiger partial charge in [0.25, 0.3) is 0 Å². The fraction of sp³-hybridized carbons (Fsp3) is 0.838. The molecule has 19 unspecified atom stereocenters. The molecule has 3 spiro atoms. The van der Waals surface area contributed by atoms with Crippen LogP contribution in [-0.4, -0.2) is 129 Å². The SMILES string of the molecule is CC1CN2CC3CCC45CC(C6=C4C4(CC6)C(=O)C1CC2(O)C34C)C1OC(OC2OC(CO)C(O)C(O)C2O)C2C(CO)=CC3OC(=O)C15C32. The molecule has 11 aliphatic rings. The summed E-state index contributed by atoms with van der Waals surface area (Å²) in [6.45, 7) is 4.79. The van der Waals surface area contributed by atoms with Gasteiger partial charge in [0.15, 0.2) is 12.6 Å². The molecule has 13 heteroatoms. The van der Waals surface area contributed by atoms with Crippen LogP contribution in [0.4, 0.5) is 0 Å². The quantitative estimate of drug-likeness (QED) is 0.161. The molecule has 6 N–H and O–H groups in total. The van der Waals surface area contributed by atoms with E-state index in [2.05, 4.69) is 18.7 Å². The highest BCUT2D eigenvalue weighted by molar-refractivity contribution is 5.96. The van der Waals surface area contributed by atoms with E-state index in [1.807, 2.05) is 0 Å². The Morgan fingerprint density at radius 1 is 1.00 bits per heavy atom. The molecule has 0 radical (unpaired) electrons. The largest absolute Gasteiger partial charge is 0.457 e. The predicted octanol–water partition coefficient (Wildman–Crippen LogP) is -0.640. The van der Waals surface area contributed by atoms with Gasteiger partial charge in [-0.1, -0.05) is 19.4 Å². The zero-order chi connectivity index (χ0) is 34.7. The Labute approximate surface area is 289 Å². The van der Waals surface area contributed by atoms with E-state index < -0.39 is 95.0 Å². The van der Waals surface area contributed by atoms with Crippen molar-refractivity contribution in [2.24, 2.45) is 57.2 Å². The van der Waals surface area contributed by atoms with Gasteiger partial charge in [-0.2, -0.15) is 0 Å². The maximum Gasteiger partial charge on any atom is 0.316 e. The zero-order valence-corrected chi connectivity index (χ0v) is 28.3. The minimum absolute atomic E-state index is 0.0638. The number of Topliss-reactive ketones (excluding diaryl/α,β-unsaturated/α-hetero) is 1. The van der Waals surface area contributed by atoms with Gasteiger partial charge < -0.3 is 49.6 Å². The van der Waals surface area contributed by atoms with Gasteiger partial charge in [0.05, 0.1) is 24.7 Å². The third kappa shape index (κ3) is 2.94. The summed E-state index contributed by atoms with van der Waals surface area (Å²) in [5.41, 5.74) is -1.76. The van der Waals surface area contributed by atoms with Crippen LogP contribution in [0.15, 0.2) is 22.8 Å². The minimum atomic E-state index is -1.66. The van der Waals surface area contributed by atoms with E-state index in [1.165, 1.54) is 5.57 Å². The first-order chi connectivity index (χ1) is 23.9. The zero-order valence-electron chi connectivity index (χ0n) is 28.3. The smallest absolute Gasteiger partial charge is 0.316 e. The molecule has 50 heavy (non-hydrogen) atoms. The van der Waals surface area contributed by atoms with Gasteiger partial charge in [-0.05, 0) is 61.2 Å². The van der Waals surface area contributed by atoms with Gasteiger partial charge >= 0.3 is 5.97 Å². The fourth-order valence-electron chi connectivity index (χ4n) is 15.3. The average molecular weight is 698 g/mol. The third-order valence-corrected chi connectivity index (χ3v) is 17.0. The van der Waals surface area contributed by atoms with E-state index in [4.69, 9.17) is 18.9 Å². The summed E-state index contributed by atoms with van der Waals surface area (Å²) in [4.78, 5) is 32.5. The van der Waals surface area contributed by atoms with Crippen LogP contribution < -0.4 is 0 Å². The van der Waals surface area contributed by atoms with Gasteiger partial charge in [-0.25, -0.2) is 0 Å². The molecule has 0 aromatic rings. The van der Waals surface area contributed by atoms with Crippen molar-refractivity contribution in [3.63, 3.8) is 0 Å². The molecule has 8 fully saturated rings. The van der Waals surface area contributed by atoms with Gasteiger partial charge in [0.2, 0.25) is 0 Å². The van der Waals surface area contributed by atoms with Crippen molar-refractivity contribution < 1.29 is 59.2 Å². The molecule has 5 saturated heterocycles. The number of fused-ring (bicyclic) bond motifs is 4. The Morgan fingerprint density at radius 3 is 2.56 bits per heavy atom. The lowest BCUT2D eigenvalue weighted by Gasteiger charge is -2.65. The van der Waals surface area contributed by atoms with Crippen molar-refractivity contribution in [2.75, 3.05) is 26.3 Å². The van der Waals surface area contributed by atoms with Crippen molar-refractivity contribution in [2.45, 2.75) is 107 Å². The van der Waals surface area contributed by atoms with Crippen molar-refractivity contribution >= 4 is 11.8 Å². The normalized spacial score (nSPS) is 60.8. The van der Waals surface area contributed by atoms with Crippen LogP contribution in [0.2, 0.25) is 0 Å². The molecule has 0 aromatic carbocycles. The van der Waals surface area contributed by atoms with Crippen molar-refractivity contribution in [3.8, 4) is 0 Å². The molecule has 11 rings (SSSR count). The number of nitrogens with zero attached hydrogens (tertiary/aromatic N) is 1. The predicted molar refractivity (Wildman–Crippen MR) is 167 cm³/mol. The van der Waals surface area contributed by atoms with Crippen LogP contribution in [0.3, 0.4) is 0 Å². The molecule has 19 atom stereocenters. The van der Waals surface area contributed by atoms with Crippen LogP contribution >= 0.6 is 0 Å². The number of ether oxygens (including phenoxy) is 4. The Morgan fingerprint density at radius 2 is 1.80 bits per heavy atom. The molecule has 6 aliphatic carbocycles. The molecule has 0 amide bonds. The molecule has 5 heterocycles. The van der Waals surface area contributed by atoms with Crippen LogP contribution in [0.1, 0.15) is 52.4 Å². The van der Waals surface area contributed by atoms with Crippen molar-refractivity contribution in [3.05, 3.63) is 22.8 Å². The lowest BCUT2D eigenvalue weighted by atomic mass is 9.40. The van der Waals surface area contributed by atoms with E-state index in [1.54, 1.807) is 6.08 Å². The first kappa shape index (κ1) is 31.7. The minimum Gasteiger partial charge on any atom is -0.457 e. The number of aliphatic hydroxyl groups is 6. The lowest BCUT2D eigenvalue weighted by Crippen LogP contribution is -2.73. The second-order valence-electron chi connectivity index (χ2n) is 18.0. The second kappa shape index (κ2) is 9.47. The summed E-state index contributed by atoms with van der Waals surface area (Å²) in [5.74, 6) is -1.55. The highest BCUT2D eigenvalue weighted by Gasteiger charge is 2.90. The number of esters is 1. The van der Waals surface area contributed by atoms with Gasteiger partial charge in [0, 0.05) is 54.0 Å². The number of ketones is 1. The number of piperidine rings is 1. The van der Waals surface area contributed by atoms with Crippen LogP contribution in [0.25, 0.3) is 0 Å². The number of hydrogen-bond donors (Lipinski definition) is 6. The first-order valence-electron chi connectivity index (χ1n) is 18.8. The summed E-state index contributed by atoms with van der Waals surface area (Å²) in [6, 6.07) is 0. The van der Waals surface area contributed by atoms with E-state index in [9.17, 15) is 35.4 Å². The summed E-state index contributed by atoms with van der Waals surface area (Å²) in [6.07, 6.45) is -4.35. The van der Waals surface area contributed by atoms with Crippen LogP contribution in [-0.2, 0) is 28.5 Å². The molecule has 272 valence electrons. The number of aliphatic hydroxyl groups excluding tert-OH is 5. The molecule has 13 nitrogen and oxygen atoms in total. The Kier molecular flexibility index (Phi) is 6.01. The third-order valence-electron chi connectivity index (χ3n) is 17.0. The molecule has 3 saturated carbocycles. The first-order valence-corrected chi connectivity index (χ1v) is 18.8. The van der Waals surface area contributed by atoms with E-state index in [0.717, 1.165) is 18.5 Å². The highest BCUT2D eigenvalue weighted by Crippen LogP contribution is 2.87. The lowest BCUT2D eigenvalue weighted by molar-refractivity contribution is -0.366. The Hall–Kier alpha value is -1.78.